The van der Waals surface area contributed by atoms with E-state index < -0.39 is 0 Å². The van der Waals surface area contributed by atoms with E-state index in [-0.39, 0.29) is 0 Å². The van der Waals surface area contributed by atoms with Gasteiger partial charge in [-0.15, -0.1) is 0 Å². The lowest BCUT2D eigenvalue weighted by atomic mass is 10.2. The summed E-state index contributed by atoms with van der Waals surface area (Å²) < 4.78 is 1.93. The van der Waals surface area contributed by atoms with Crippen LogP contribution in [0.2, 0.25) is 5.02 Å². The van der Waals surface area contributed by atoms with Crippen LogP contribution in [0.25, 0.3) is 17.2 Å². The molecule has 3 heterocycles. The van der Waals surface area contributed by atoms with E-state index in [4.69, 9.17) is 16.6 Å². The Hall–Kier alpha value is -2.99. The van der Waals surface area contributed by atoms with Crippen molar-refractivity contribution in [3.05, 3.63) is 65.7 Å². The molecule has 0 saturated carbocycles. The van der Waals surface area contributed by atoms with Gasteiger partial charge in [0.15, 0.2) is 0 Å². The molecule has 0 radical (unpaired) electrons. The normalized spacial score (nSPS) is 11.0. The monoisotopic (exact) mass is 350 g/mol. The highest BCUT2D eigenvalue weighted by Gasteiger charge is 2.16. The van der Waals surface area contributed by atoms with E-state index in [2.05, 4.69) is 15.0 Å². The fraction of sp³-hybridized carbons (Fsp3) is 0.111. The van der Waals surface area contributed by atoms with E-state index in [1.54, 1.807) is 12.4 Å². The summed E-state index contributed by atoms with van der Waals surface area (Å²) in [5, 5.41) is 0.647. The minimum atomic E-state index is 0.559. The van der Waals surface area contributed by atoms with Crippen LogP contribution in [0.4, 0.5) is 11.6 Å². The third-order valence-corrected chi connectivity index (χ3v) is 4.30. The zero-order valence-electron chi connectivity index (χ0n) is 13.8. The largest absolute Gasteiger partial charge is 0.312 e. The molecule has 0 aliphatic rings. The molecule has 7 heteroatoms. The van der Waals surface area contributed by atoms with Gasteiger partial charge in [-0.25, -0.2) is 19.9 Å². The maximum Gasteiger partial charge on any atom is 0.234 e. The minimum Gasteiger partial charge on any atom is -0.312 e. The number of hydrogen-bond donors (Lipinski definition) is 0. The van der Waals surface area contributed by atoms with Crippen molar-refractivity contribution in [3.63, 3.8) is 0 Å². The van der Waals surface area contributed by atoms with Gasteiger partial charge < -0.3 is 4.90 Å². The summed E-state index contributed by atoms with van der Waals surface area (Å²) >= 11 is 6.29. The molecule has 0 bridgehead atoms. The molecule has 25 heavy (non-hydrogen) atoms. The Morgan fingerprint density at radius 3 is 2.68 bits per heavy atom. The van der Waals surface area contributed by atoms with Gasteiger partial charge in [-0.05, 0) is 31.2 Å². The summed E-state index contributed by atoms with van der Waals surface area (Å²) in [6.45, 7) is 1.95. The Kier molecular flexibility index (Phi) is 3.82. The van der Waals surface area contributed by atoms with E-state index in [1.807, 2.05) is 65.9 Å². The zero-order chi connectivity index (χ0) is 17.4. The first-order chi connectivity index (χ1) is 12.1. The topological polar surface area (TPSA) is 59.2 Å². The molecule has 0 aliphatic heterocycles. The number of aryl methyl sites for hydroxylation is 1. The standard InChI is InChI=1S/C18H15ClN6/c1-12-16(25-11-5-9-20-18(25)22-12)14-8-10-21-17(23-14)24(2)15-7-4-3-6-13(15)19/h3-11H,1-2H3. The zero-order valence-corrected chi connectivity index (χ0v) is 14.5. The molecule has 0 fully saturated rings. The number of halogens is 1. The highest BCUT2D eigenvalue weighted by Crippen LogP contribution is 2.29. The van der Waals surface area contributed by atoms with Gasteiger partial charge in [-0.2, -0.15) is 0 Å². The van der Waals surface area contributed by atoms with Crippen molar-refractivity contribution in [2.24, 2.45) is 0 Å². The van der Waals surface area contributed by atoms with Gasteiger partial charge in [0.1, 0.15) is 0 Å². The van der Waals surface area contributed by atoms with Gasteiger partial charge in [-0.3, -0.25) is 4.40 Å². The third-order valence-electron chi connectivity index (χ3n) is 3.98. The molecular formula is C18H15ClN6. The molecule has 0 atom stereocenters. The molecule has 124 valence electrons. The van der Waals surface area contributed by atoms with Gasteiger partial charge >= 0.3 is 0 Å². The first kappa shape index (κ1) is 15.5. The molecule has 0 spiro atoms. The lowest BCUT2D eigenvalue weighted by molar-refractivity contribution is 1.03. The van der Waals surface area contributed by atoms with Gasteiger partial charge in [0.25, 0.3) is 0 Å². The van der Waals surface area contributed by atoms with Crippen molar-refractivity contribution < 1.29 is 0 Å². The van der Waals surface area contributed by atoms with Crippen LogP contribution in [0.5, 0.6) is 0 Å². The molecule has 4 aromatic rings. The number of para-hydroxylation sites is 1. The van der Waals surface area contributed by atoms with Gasteiger partial charge in [0.2, 0.25) is 11.7 Å². The van der Waals surface area contributed by atoms with E-state index in [0.29, 0.717) is 16.7 Å². The summed E-state index contributed by atoms with van der Waals surface area (Å²) in [5.74, 6) is 1.21. The van der Waals surface area contributed by atoms with E-state index in [9.17, 15) is 0 Å². The molecule has 0 aliphatic carbocycles. The van der Waals surface area contributed by atoms with Crippen LogP contribution in [0, 0.1) is 6.92 Å². The molecule has 0 unspecified atom stereocenters. The highest BCUT2D eigenvalue weighted by atomic mass is 35.5. The number of benzene rings is 1. The number of aromatic nitrogens is 5. The predicted molar refractivity (Wildman–Crippen MR) is 98.3 cm³/mol. The van der Waals surface area contributed by atoms with Crippen molar-refractivity contribution in [2.75, 3.05) is 11.9 Å². The van der Waals surface area contributed by atoms with Crippen molar-refractivity contribution >= 4 is 29.0 Å². The number of imidazole rings is 1. The molecule has 0 saturated heterocycles. The van der Waals surface area contributed by atoms with E-state index in [1.165, 1.54) is 0 Å². The fourth-order valence-electron chi connectivity index (χ4n) is 2.78. The van der Waals surface area contributed by atoms with Crippen molar-refractivity contribution in [2.45, 2.75) is 6.92 Å². The van der Waals surface area contributed by atoms with Crippen molar-refractivity contribution in [1.29, 1.82) is 0 Å². The quantitative estimate of drug-likeness (QED) is 0.560. The van der Waals surface area contributed by atoms with E-state index in [0.717, 1.165) is 22.8 Å². The first-order valence-electron chi connectivity index (χ1n) is 7.76. The number of nitrogens with zero attached hydrogens (tertiary/aromatic N) is 6. The lowest BCUT2D eigenvalue weighted by Gasteiger charge is -2.18. The van der Waals surface area contributed by atoms with Gasteiger partial charge in [0.05, 0.1) is 27.8 Å². The summed E-state index contributed by atoms with van der Waals surface area (Å²) in [4.78, 5) is 19.7. The summed E-state index contributed by atoms with van der Waals surface area (Å²) in [7, 11) is 1.89. The van der Waals surface area contributed by atoms with Crippen LogP contribution in [-0.4, -0.2) is 31.4 Å². The Bertz CT molecular complexity index is 1060. The first-order valence-corrected chi connectivity index (χ1v) is 8.14. The molecule has 3 aromatic heterocycles. The van der Waals surface area contributed by atoms with Crippen molar-refractivity contribution in [1.82, 2.24) is 24.3 Å². The van der Waals surface area contributed by atoms with Crippen LogP contribution in [0.15, 0.2) is 55.0 Å². The van der Waals surface area contributed by atoms with Crippen LogP contribution in [-0.2, 0) is 0 Å². The number of hydrogen-bond acceptors (Lipinski definition) is 5. The highest BCUT2D eigenvalue weighted by molar-refractivity contribution is 6.33. The maximum atomic E-state index is 6.29. The smallest absolute Gasteiger partial charge is 0.234 e. The molecule has 0 amide bonds. The molecule has 1 aromatic carbocycles. The number of anilines is 2. The minimum absolute atomic E-state index is 0.559. The molecule has 4 rings (SSSR count). The van der Waals surface area contributed by atoms with Crippen LogP contribution >= 0.6 is 11.6 Å². The summed E-state index contributed by atoms with van der Waals surface area (Å²) in [6.07, 6.45) is 5.39. The number of rotatable bonds is 3. The Morgan fingerprint density at radius 1 is 1.00 bits per heavy atom. The SMILES string of the molecule is Cc1nc2ncccn2c1-c1ccnc(N(C)c2ccccc2Cl)n1. The second kappa shape index (κ2) is 6.14. The summed E-state index contributed by atoms with van der Waals surface area (Å²) in [5.41, 5.74) is 3.39. The Morgan fingerprint density at radius 2 is 1.84 bits per heavy atom. The average Bonchev–Trinajstić information content (AvgIpc) is 2.97. The fourth-order valence-corrected chi connectivity index (χ4v) is 3.04. The van der Waals surface area contributed by atoms with Crippen LogP contribution < -0.4 is 4.90 Å². The predicted octanol–water partition coefficient (Wildman–Crippen LogP) is 3.92. The van der Waals surface area contributed by atoms with Crippen LogP contribution in [0.1, 0.15) is 5.69 Å². The van der Waals surface area contributed by atoms with E-state index >= 15 is 0 Å². The van der Waals surface area contributed by atoms with Crippen molar-refractivity contribution in [3.8, 4) is 11.4 Å². The molecular weight excluding hydrogens is 336 g/mol. The maximum absolute atomic E-state index is 6.29. The summed E-state index contributed by atoms with van der Waals surface area (Å²) in [6, 6.07) is 11.3. The Labute approximate surface area is 149 Å². The lowest BCUT2D eigenvalue weighted by Crippen LogP contribution is -2.13. The average molecular weight is 351 g/mol. The molecule has 6 nitrogen and oxygen atoms in total. The second-order valence-electron chi connectivity index (χ2n) is 5.59. The van der Waals surface area contributed by atoms with Gasteiger partial charge in [0, 0.05) is 25.6 Å². The van der Waals surface area contributed by atoms with Gasteiger partial charge in [-0.1, -0.05) is 23.7 Å². The Balaban J connectivity index is 1.82. The third kappa shape index (κ3) is 2.70. The number of fused-ring (bicyclic) bond motifs is 1. The molecule has 0 N–H and O–H groups in total. The second-order valence-corrected chi connectivity index (χ2v) is 6.00. The van der Waals surface area contributed by atoms with Crippen LogP contribution in [0.3, 0.4) is 0 Å².